The average Bonchev–Trinajstić information content (AvgIpc) is 3.45. The van der Waals surface area contributed by atoms with E-state index in [9.17, 15) is 9.18 Å². The second-order valence-corrected chi connectivity index (χ2v) is 8.49. The third-order valence-electron chi connectivity index (χ3n) is 4.83. The molecule has 0 aliphatic carbocycles. The molecule has 9 nitrogen and oxygen atoms in total. The predicted molar refractivity (Wildman–Crippen MR) is 152 cm³/mol. The first-order chi connectivity index (χ1) is 17.2. The van der Waals surface area contributed by atoms with Crippen molar-refractivity contribution in [3.63, 3.8) is 0 Å². The van der Waals surface area contributed by atoms with Crippen molar-refractivity contribution in [2.45, 2.75) is 40.2 Å². The van der Waals surface area contributed by atoms with Gasteiger partial charge in [0.1, 0.15) is 5.52 Å². The van der Waals surface area contributed by atoms with Gasteiger partial charge in [-0.1, -0.05) is 38.4 Å². The number of halogens is 3. The van der Waals surface area contributed by atoms with Crippen molar-refractivity contribution in [2.75, 3.05) is 0 Å². The average molecular weight is 647 g/mol. The van der Waals surface area contributed by atoms with E-state index >= 15 is 0 Å². The van der Waals surface area contributed by atoms with Gasteiger partial charge in [-0.05, 0) is 51.7 Å². The molecule has 4 N–H and O–H groups in total. The maximum Gasteiger partial charge on any atom is 0.179 e. The Bertz CT molecular complexity index is 1290. The standard InChI is InChI=1S/C12H16N6O.C11H12ClFN2.HIS/c1-2-10(19)9(13)7-17(14)8-11-15-12-5-3-4-6-18(12)16-11;1-7(2)5-9-11-10(13)8(12)3-4-15(11)6-14-9;1-2/h3-7H,2,8,13-14H2,1H3;3-4,6-7H,5H2,1-2H3;2H/b9-7-;;. The first kappa shape index (κ1) is 29.8. The third-order valence-corrected chi connectivity index (χ3v) is 5.12. The minimum Gasteiger partial charge on any atom is -0.395 e. The van der Waals surface area contributed by atoms with Crippen LogP contribution in [0.3, 0.4) is 0 Å². The predicted octanol–water partition coefficient (Wildman–Crippen LogP) is 4.78. The molecule has 0 aliphatic rings. The molecular formula is C23H29ClFIN8OS. The number of fused-ring (bicyclic) bond motifs is 2. The number of imidazole rings is 1. The van der Waals surface area contributed by atoms with Crippen LogP contribution in [0.15, 0.2) is 54.9 Å². The van der Waals surface area contributed by atoms with Gasteiger partial charge >= 0.3 is 0 Å². The van der Waals surface area contributed by atoms with Crippen molar-refractivity contribution < 1.29 is 9.18 Å². The summed E-state index contributed by atoms with van der Waals surface area (Å²) in [4.78, 5) is 19.8. The van der Waals surface area contributed by atoms with Crippen LogP contribution in [-0.4, -0.2) is 34.8 Å². The molecule has 0 unspecified atom stereocenters. The molecule has 0 saturated heterocycles. The molecule has 4 heterocycles. The van der Waals surface area contributed by atoms with Gasteiger partial charge in [-0.2, -0.15) is 0 Å². The number of aromatic nitrogens is 5. The molecule has 0 radical (unpaired) electrons. The molecule has 0 bridgehead atoms. The van der Waals surface area contributed by atoms with Crippen LogP contribution in [0.2, 0.25) is 5.02 Å². The van der Waals surface area contributed by atoms with Gasteiger partial charge in [0.05, 0.1) is 29.3 Å². The van der Waals surface area contributed by atoms with E-state index in [0.717, 1.165) is 17.8 Å². The van der Waals surface area contributed by atoms with Crippen molar-refractivity contribution >= 4 is 59.6 Å². The lowest BCUT2D eigenvalue weighted by molar-refractivity contribution is -0.115. The Labute approximate surface area is 231 Å². The number of Topliss-reactive ketones (excluding diaryl/α,β-unsaturated/α-hetero) is 1. The Kier molecular flexibility index (Phi) is 11.9. The van der Waals surface area contributed by atoms with Gasteiger partial charge < -0.3 is 15.1 Å². The van der Waals surface area contributed by atoms with E-state index in [1.165, 1.54) is 17.3 Å². The smallest absolute Gasteiger partial charge is 0.179 e. The second kappa shape index (κ2) is 14.4. The monoisotopic (exact) mass is 646 g/mol. The van der Waals surface area contributed by atoms with Crippen LogP contribution in [-0.2, 0) is 17.8 Å². The molecule has 4 aromatic rings. The van der Waals surface area contributed by atoms with Gasteiger partial charge in [-0.25, -0.2) is 24.7 Å². The number of nitrogens with two attached hydrogens (primary N) is 2. The summed E-state index contributed by atoms with van der Waals surface area (Å²) in [5.74, 6) is 6.24. The van der Waals surface area contributed by atoms with Crippen molar-refractivity contribution in [2.24, 2.45) is 17.5 Å². The molecule has 0 amide bonds. The lowest BCUT2D eigenvalue weighted by atomic mass is 10.1. The number of pyridine rings is 2. The summed E-state index contributed by atoms with van der Waals surface area (Å²) in [6, 6.07) is 7.13. The summed E-state index contributed by atoms with van der Waals surface area (Å²) >= 11 is 7.58. The van der Waals surface area contributed by atoms with Crippen molar-refractivity contribution in [1.82, 2.24) is 29.0 Å². The minimum absolute atomic E-state index is 0.133. The summed E-state index contributed by atoms with van der Waals surface area (Å²) in [6.07, 6.45) is 7.65. The van der Waals surface area contributed by atoms with Crippen LogP contribution in [0.4, 0.5) is 4.39 Å². The van der Waals surface area contributed by atoms with Crippen LogP contribution in [0, 0.1) is 11.7 Å². The molecule has 194 valence electrons. The van der Waals surface area contributed by atoms with Crippen molar-refractivity contribution in [1.29, 1.82) is 0 Å². The lowest BCUT2D eigenvalue weighted by Crippen LogP contribution is -2.28. The number of carbonyl (C=O) groups is 1. The molecule has 0 spiro atoms. The summed E-state index contributed by atoms with van der Waals surface area (Å²) in [5.41, 5.74) is 7.74. The number of nitrogens with zero attached hydrogens (tertiary/aromatic N) is 6. The van der Waals surface area contributed by atoms with E-state index < -0.39 is 0 Å². The zero-order chi connectivity index (χ0) is 26.8. The number of hydrogen-bond acceptors (Lipinski definition) is 8. The van der Waals surface area contributed by atoms with Crippen LogP contribution in [0.25, 0.3) is 11.2 Å². The summed E-state index contributed by atoms with van der Waals surface area (Å²) in [6.45, 7) is 6.17. The first-order valence-corrected chi connectivity index (χ1v) is 14.6. The molecule has 4 rings (SSSR count). The Morgan fingerprint density at radius 2 is 2.03 bits per heavy atom. The highest BCUT2D eigenvalue weighted by Gasteiger charge is 2.13. The van der Waals surface area contributed by atoms with Gasteiger partial charge in [0.2, 0.25) is 0 Å². The van der Waals surface area contributed by atoms with E-state index in [0.29, 0.717) is 23.7 Å². The van der Waals surface area contributed by atoms with E-state index in [-0.39, 0.29) is 28.9 Å². The van der Waals surface area contributed by atoms with E-state index in [1.54, 1.807) is 34.6 Å². The van der Waals surface area contributed by atoms with E-state index in [4.69, 9.17) is 23.2 Å². The molecule has 0 aliphatic heterocycles. The highest BCUT2D eigenvalue weighted by Crippen LogP contribution is 2.23. The molecule has 0 atom stereocenters. The fraction of sp³-hybridized carbons (Fsp3) is 0.304. The highest BCUT2D eigenvalue weighted by molar-refractivity contribution is 14.2. The molecule has 13 heteroatoms. The lowest BCUT2D eigenvalue weighted by Gasteiger charge is -2.11. The van der Waals surface area contributed by atoms with Gasteiger partial charge in [-0.15, -0.1) is 14.9 Å². The topological polar surface area (TPSA) is 120 Å². The van der Waals surface area contributed by atoms with Crippen molar-refractivity contribution in [3.05, 3.63) is 77.2 Å². The maximum atomic E-state index is 13.7. The summed E-state index contributed by atoms with van der Waals surface area (Å²) in [5, 5.41) is 5.70. The van der Waals surface area contributed by atoms with Crippen LogP contribution in [0.5, 0.6) is 0 Å². The number of hydrazine groups is 1. The van der Waals surface area contributed by atoms with E-state index in [2.05, 4.69) is 38.7 Å². The molecular weight excluding hydrogens is 618 g/mol. The quantitative estimate of drug-likeness (QED) is 0.0870. The van der Waals surface area contributed by atoms with Crippen molar-refractivity contribution in [3.8, 4) is 0 Å². The zero-order valence-electron chi connectivity index (χ0n) is 20.1. The van der Waals surface area contributed by atoms with Gasteiger partial charge in [0, 0.05) is 25.0 Å². The Morgan fingerprint density at radius 1 is 1.31 bits per heavy atom. The SMILES string of the molecule is CC(C)Cc1ncn2ccc(Cl)c(F)c12.CCC(=O)/C(N)=C/N(N)Cc1nc2ccccn2n1.SI. The number of carbonyl (C=O) groups excluding carboxylic acids is 1. The van der Waals surface area contributed by atoms with E-state index in [1.807, 2.05) is 39.4 Å². The maximum absolute atomic E-state index is 13.7. The zero-order valence-corrected chi connectivity index (χ0v) is 24.0. The Hall–Kier alpha value is -2.42. The molecule has 36 heavy (non-hydrogen) atoms. The molecule has 4 aromatic heterocycles. The number of hydrogen-bond donors (Lipinski definition) is 3. The van der Waals surface area contributed by atoms with Crippen LogP contribution < -0.4 is 11.6 Å². The van der Waals surface area contributed by atoms with Gasteiger partial charge in [0.15, 0.2) is 23.1 Å². The second-order valence-electron chi connectivity index (χ2n) is 8.09. The normalized spacial score (nSPS) is 11.2. The largest absolute Gasteiger partial charge is 0.395 e. The molecule has 0 fully saturated rings. The first-order valence-electron chi connectivity index (χ1n) is 11.0. The number of thiol groups is 1. The molecule has 0 aromatic carbocycles. The third kappa shape index (κ3) is 8.05. The minimum atomic E-state index is -0.382. The molecule has 0 saturated carbocycles. The number of ketones is 1. The Balaban J connectivity index is 0.000000243. The van der Waals surface area contributed by atoms with Crippen LogP contribution in [0.1, 0.15) is 38.7 Å². The Morgan fingerprint density at radius 3 is 2.67 bits per heavy atom. The summed E-state index contributed by atoms with van der Waals surface area (Å²) < 4.78 is 17.1. The summed E-state index contributed by atoms with van der Waals surface area (Å²) in [7, 11) is 3.50. The number of allylic oxidation sites excluding steroid dienone is 1. The fourth-order valence-corrected chi connectivity index (χ4v) is 3.38. The number of rotatable bonds is 7. The van der Waals surface area contributed by atoms with Gasteiger partial charge in [0.25, 0.3) is 0 Å². The van der Waals surface area contributed by atoms with Crippen LogP contribution >= 0.6 is 42.6 Å². The van der Waals surface area contributed by atoms with Gasteiger partial charge in [-0.3, -0.25) is 4.79 Å². The highest BCUT2D eigenvalue weighted by atomic mass is 127. The fourth-order valence-electron chi connectivity index (χ4n) is 3.23.